The number of H-pyrrole nitrogens is 1. The molecule has 4 heterocycles. The molecule has 1 saturated heterocycles. The average Bonchev–Trinajstić information content (AvgIpc) is 3.24. The summed E-state index contributed by atoms with van der Waals surface area (Å²) < 4.78 is 5.39. The van der Waals surface area contributed by atoms with Gasteiger partial charge in [-0.15, -0.1) is 22.7 Å². The Morgan fingerprint density at radius 1 is 1.35 bits per heavy atom. The zero-order valence-corrected chi connectivity index (χ0v) is 14.4. The summed E-state index contributed by atoms with van der Waals surface area (Å²) in [5.41, 5.74) is 0.939. The monoisotopic (exact) mass is 347 g/mol. The first-order valence-electron chi connectivity index (χ1n) is 7.61. The third-order valence-electron chi connectivity index (χ3n) is 4.24. The number of nitrogens with zero attached hydrogens (tertiary/aromatic N) is 2. The van der Waals surface area contributed by atoms with Gasteiger partial charge in [-0.2, -0.15) is 0 Å². The van der Waals surface area contributed by atoms with Gasteiger partial charge in [-0.05, 0) is 18.4 Å². The zero-order chi connectivity index (χ0) is 15.8. The van der Waals surface area contributed by atoms with Crippen LogP contribution in [-0.2, 0) is 4.74 Å². The molecule has 0 bridgehead atoms. The van der Waals surface area contributed by atoms with Crippen molar-refractivity contribution in [3.8, 4) is 10.4 Å². The molecule has 0 spiro atoms. The Kier molecular flexibility index (Phi) is 4.02. The van der Waals surface area contributed by atoms with Gasteiger partial charge in [-0.25, -0.2) is 4.98 Å². The lowest BCUT2D eigenvalue weighted by atomic mass is 10.2. The molecule has 23 heavy (non-hydrogen) atoms. The maximum atomic E-state index is 12.6. The van der Waals surface area contributed by atoms with E-state index in [0.717, 1.165) is 47.4 Å². The first-order valence-corrected chi connectivity index (χ1v) is 9.37. The smallest absolute Gasteiger partial charge is 0.260 e. The van der Waals surface area contributed by atoms with Crippen LogP contribution in [-0.4, -0.2) is 41.2 Å². The van der Waals surface area contributed by atoms with Crippen molar-refractivity contribution >= 4 is 32.9 Å². The van der Waals surface area contributed by atoms with Crippen LogP contribution in [0, 0.1) is 0 Å². The van der Waals surface area contributed by atoms with Gasteiger partial charge in [0.25, 0.3) is 5.56 Å². The Morgan fingerprint density at radius 2 is 2.17 bits per heavy atom. The normalized spacial score (nSPS) is 17.6. The van der Waals surface area contributed by atoms with Crippen LogP contribution in [0.3, 0.4) is 0 Å². The largest absolute Gasteiger partial charge is 0.379 e. The highest BCUT2D eigenvalue weighted by Gasteiger charge is 2.22. The van der Waals surface area contributed by atoms with E-state index in [1.165, 1.54) is 11.3 Å². The average molecular weight is 347 g/mol. The third kappa shape index (κ3) is 2.74. The van der Waals surface area contributed by atoms with E-state index in [1.807, 2.05) is 22.9 Å². The molecule has 1 aliphatic rings. The van der Waals surface area contributed by atoms with Crippen LogP contribution in [0.15, 0.2) is 27.7 Å². The van der Waals surface area contributed by atoms with Crippen LogP contribution in [0.4, 0.5) is 0 Å². The lowest BCUT2D eigenvalue weighted by Gasteiger charge is -2.31. The van der Waals surface area contributed by atoms with Crippen LogP contribution < -0.4 is 5.56 Å². The molecular weight excluding hydrogens is 330 g/mol. The van der Waals surface area contributed by atoms with Crippen molar-refractivity contribution in [1.29, 1.82) is 0 Å². The van der Waals surface area contributed by atoms with E-state index in [2.05, 4.69) is 16.8 Å². The van der Waals surface area contributed by atoms with E-state index in [1.54, 1.807) is 11.3 Å². The Labute approximate surface area is 141 Å². The Balaban J connectivity index is 1.75. The van der Waals surface area contributed by atoms with Crippen molar-refractivity contribution in [2.75, 3.05) is 26.3 Å². The van der Waals surface area contributed by atoms with Crippen molar-refractivity contribution in [1.82, 2.24) is 14.9 Å². The van der Waals surface area contributed by atoms with E-state index in [-0.39, 0.29) is 11.6 Å². The molecule has 4 rings (SSSR count). The van der Waals surface area contributed by atoms with Gasteiger partial charge < -0.3 is 9.72 Å². The molecule has 3 aromatic rings. The van der Waals surface area contributed by atoms with Gasteiger partial charge in [-0.3, -0.25) is 9.69 Å². The molecule has 0 unspecified atom stereocenters. The van der Waals surface area contributed by atoms with Gasteiger partial charge in [0, 0.05) is 28.9 Å². The van der Waals surface area contributed by atoms with Gasteiger partial charge in [0.1, 0.15) is 10.7 Å². The molecule has 0 saturated carbocycles. The molecule has 1 aliphatic heterocycles. The van der Waals surface area contributed by atoms with Crippen LogP contribution in [0.25, 0.3) is 20.7 Å². The number of rotatable bonds is 3. The molecule has 0 amide bonds. The molecule has 0 aliphatic carbocycles. The van der Waals surface area contributed by atoms with Crippen molar-refractivity contribution in [2.45, 2.75) is 13.0 Å². The lowest BCUT2D eigenvalue weighted by Crippen LogP contribution is -2.39. The number of aromatic amines is 1. The summed E-state index contributed by atoms with van der Waals surface area (Å²) in [5, 5.41) is 4.76. The fourth-order valence-corrected chi connectivity index (χ4v) is 4.68. The Hall–Kier alpha value is -1.54. The molecule has 7 heteroatoms. The van der Waals surface area contributed by atoms with E-state index < -0.39 is 0 Å². The predicted molar refractivity (Wildman–Crippen MR) is 94.4 cm³/mol. The quantitative estimate of drug-likeness (QED) is 0.791. The number of thiophene rings is 2. The molecule has 120 valence electrons. The Bertz CT molecular complexity index is 863. The third-order valence-corrected chi connectivity index (χ3v) is 6.01. The molecule has 1 fully saturated rings. The number of hydrogen-bond acceptors (Lipinski definition) is 6. The lowest BCUT2D eigenvalue weighted by molar-refractivity contribution is 0.0182. The second-order valence-electron chi connectivity index (χ2n) is 5.58. The minimum Gasteiger partial charge on any atom is -0.379 e. The molecule has 1 atom stereocenters. The van der Waals surface area contributed by atoms with Gasteiger partial charge >= 0.3 is 0 Å². The number of nitrogens with one attached hydrogen (secondary N) is 1. The fourth-order valence-electron chi connectivity index (χ4n) is 2.91. The van der Waals surface area contributed by atoms with Gasteiger partial charge in [0.05, 0.1) is 24.6 Å². The summed E-state index contributed by atoms with van der Waals surface area (Å²) in [6.45, 7) is 5.29. The first kappa shape index (κ1) is 15.0. The van der Waals surface area contributed by atoms with Crippen molar-refractivity contribution in [3.63, 3.8) is 0 Å². The first-order chi connectivity index (χ1) is 11.2. The topological polar surface area (TPSA) is 58.2 Å². The van der Waals surface area contributed by atoms with Crippen LogP contribution in [0.1, 0.15) is 18.8 Å². The van der Waals surface area contributed by atoms with E-state index in [4.69, 9.17) is 9.72 Å². The number of hydrogen-bond donors (Lipinski definition) is 1. The van der Waals surface area contributed by atoms with E-state index >= 15 is 0 Å². The minimum absolute atomic E-state index is 0.0465. The highest BCUT2D eigenvalue weighted by Crippen LogP contribution is 2.34. The van der Waals surface area contributed by atoms with Crippen molar-refractivity contribution in [3.05, 3.63) is 39.1 Å². The summed E-state index contributed by atoms with van der Waals surface area (Å²) in [6.07, 6.45) is 0. The Morgan fingerprint density at radius 3 is 2.91 bits per heavy atom. The number of ether oxygens (including phenoxy) is 1. The van der Waals surface area contributed by atoms with Gasteiger partial charge in [-0.1, -0.05) is 6.07 Å². The zero-order valence-electron chi connectivity index (χ0n) is 12.7. The SMILES string of the molecule is C[C@H](c1nc2scc(-c3cccs3)c2c(=O)[nH]1)N1CCOCC1. The second-order valence-corrected chi connectivity index (χ2v) is 7.39. The summed E-state index contributed by atoms with van der Waals surface area (Å²) in [6, 6.07) is 4.12. The highest BCUT2D eigenvalue weighted by molar-refractivity contribution is 7.18. The maximum absolute atomic E-state index is 12.6. The minimum atomic E-state index is -0.0465. The molecule has 1 N–H and O–H groups in total. The van der Waals surface area contributed by atoms with Crippen LogP contribution >= 0.6 is 22.7 Å². The van der Waals surface area contributed by atoms with Crippen LogP contribution in [0.2, 0.25) is 0 Å². The predicted octanol–water partition coefficient (Wildman–Crippen LogP) is 3.11. The summed E-state index contributed by atoms with van der Waals surface area (Å²) >= 11 is 3.18. The standard InChI is InChI=1S/C16H17N3O2S2/c1-10(19-4-6-21-7-5-19)14-17-15(20)13-11(9-23-16(13)18-14)12-3-2-8-22-12/h2-3,8-10H,4-7H2,1H3,(H,17,18,20)/t10-/m1/s1. The number of fused-ring (bicyclic) bond motifs is 1. The summed E-state index contributed by atoms with van der Waals surface area (Å²) in [5.74, 6) is 0.740. The van der Waals surface area contributed by atoms with E-state index in [0.29, 0.717) is 5.39 Å². The number of morpholine rings is 1. The number of aromatic nitrogens is 2. The molecule has 0 radical (unpaired) electrons. The molecule has 0 aromatic carbocycles. The molecular formula is C16H17N3O2S2. The van der Waals surface area contributed by atoms with Crippen molar-refractivity contribution < 1.29 is 4.74 Å². The summed E-state index contributed by atoms with van der Waals surface area (Å²) in [4.78, 5) is 24.6. The van der Waals surface area contributed by atoms with Crippen LogP contribution in [0.5, 0.6) is 0 Å². The molecule has 5 nitrogen and oxygen atoms in total. The van der Waals surface area contributed by atoms with Gasteiger partial charge in [0.15, 0.2) is 0 Å². The fraction of sp³-hybridized carbons (Fsp3) is 0.375. The second kappa shape index (κ2) is 6.16. The summed E-state index contributed by atoms with van der Waals surface area (Å²) in [7, 11) is 0. The van der Waals surface area contributed by atoms with Crippen molar-refractivity contribution in [2.24, 2.45) is 0 Å². The molecule has 3 aromatic heterocycles. The van der Waals surface area contributed by atoms with Gasteiger partial charge in [0.2, 0.25) is 0 Å². The highest BCUT2D eigenvalue weighted by atomic mass is 32.1. The van der Waals surface area contributed by atoms with E-state index in [9.17, 15) is 4.79 Å². The maximum Gasteiger partial charge on any atom is 0.260 e.